The van der Waals surface area contributed by atoms with Crippen molar-refractivity contribution in [2.75, 3.05) is 0 Å². The van der Waals surface area contributed by atoms with Gasteiger partial charge in [0.2, 0.25) is 0 Å². The molecule has 1 rings (SSSR count). The van der Waals surface area contributed by atoms with E-state index in [1.807, 2.05) is 0 Å². The van der Waals surface area contributed by atoms with Gasteiger partial charge in [0, 0.05) is 0 Å². The van der Waals surface area contributed by atoms with Gasteiger partial charge in [-0.3, -0.25) is 0 Å². The van der Waals surface area contributed by atoms with Gasteiger partial charge >= 0.3 is 12.4 Å². The van der Waals surface area contributed by atoms with Crippen LogP contribution in [0.2, 0.25) is 0 Å². The third kappa shape index (κ3) is 2.70. The summed E-state index contributed by atoms with van der Waals surface area (Å²) >= 11 is 0. The molecule has 0 aromatic heterocycles. The molecule has 0 aliphatic carbocycles. The Morgan fingerprint density at radius 3 is 1.53 bits per heavy atom. The summed E-state index contributed by atoms with van der Waals surface area (Å²) in [6.07, 6.45) is -9.84. The van der Waals surface area contributed by atoms with Crippen molar-refractivity contribution in [3.05, 3.63) is 34.4 Å². The van der Waals surface area contributed by atoms with E-state index in [4.69, 9.17) is 5.26 Å². The number of nitrogens with zero attached hydrogens (tertiary/aromatic N) is 1. The van der Waals surface area contributed by atoms with Crippen LogP contribution in [0.4, 0.5) is 26.3 Å². The summed E-state index contributed by atoms with van der Waals surface area (Å²) in [7, 11) is 0. The maximum atomic E-state index is 12.5. The summed E-state index contributed by atoms with van der Waals surface area (Å²) in [5, 5.41) is 8.42. The van der Waals surface area contributed by atoms with Gasteiger partial charge in [-0.15, -0.1) is 0 Å². The van der Waals surface area contributed by atoms with Crippen molar-refractivity contribution in [2.24, 2.45) is 0 Å². The lowest BCUT2D eigenvalue weighted by Crippen LogP contribution is -2.15. The second kappa shape index (κ2) is 3.95. The quantitative estimate of drug-likeness (QED) is 0.643. The van der Waals surface area contributed by atoms with E-state index in [0.717, 1.165) is 6.92 Å². The zero-order chi connectivity index (χ0) is 13.4. The molecule has 0 amide bonds. The normalized spacial score (nSPS) is 12.4. The van der Waals surface area contributed by atoms with Gasteiger partial charge in [0.05, 0.1) is 22.8 Å². The third-order valence-corrected chi connectivity index (χ3v) is 2.15. The second-order valence-corrected chi connectivity index (χ2v) is 3.30. The Bertz CT molecular complexity index is 442. The van der Waals surface area contributed by atoms with Gasteiger partial charge < -0.3 is 0 Å². The Labute approximate surface area is 92.3 Å². The SMILES string of the molecule is Cc1c(C(F)(F)F)cc(C#N)cc1C(F)(F)F. The first-order valence-corrected chi connectivity index (χ1v) is 4.26. The molecule has 0 bridgehead atoms. The Hall–Kier alpha value is -1.71. The maximum absolute atomic E-state index is 12.5. The van der Waals surface area contributed by atoms with Crippen LogP contribution in [0, 0.1) is 18.3 Å². The second-order valence-electron chi connectivity index (χ2n) is 3.30. The number of halogens is 6. The number of hydrogen-bond acceptors (Lipinski definition) is 1. The zero-order valence-corrected chi connectivity index (χ0v) is 8.37. The van der Waals surface area contributed by atoms with Crippen LogP contribution >= 0.6 is 0 Å². The van der Waals surface area contributed by atoms with Gasteiger partial charge in [-0.1, -0.05) is 0 Å². The van der Waals surface area contributed by atoms with Gasteiger partial charge in [0.25, 0.3) is 0 Å². The number of hydrogen-bond donors (Lipinski definition) is 0. The van der Waals surface area contributed by atoms with Crippen LogP contribution < -0.4 is 0 Å². The highest BCUT2D eigenvalue weighted by atomic mass is 19.4. The molecule has 92 valence electrons. The smallest absolute Gasteiger partial charge is 0.192 e. The topological polar surface area (TPSA) is 23.8 Å². The fourth-order valence-corrected chi connectivity index (χ4v) is 1.37. The summed E-state index contributed by atoms with van der Waals surface area (Å²) in [5.74, 6) is 0. The van der Waals surface area contributed by atoms with Crippen molar-refractivity contribution in [1.29, 1.82) is 5.26 Å². The minimum atomic E-state index is -4.92. The van der Waals surface area contributed by atoms with E-state index in [9.17, 15) is 26.3 Å². The molecular weight excluding hydrogens is 248 g/mol. The zero-order valence-electron chi connectivity index (χ0n) is 8.37. The monoisotopic (exact) mass is 253 g/mol. The van der Waals surface area contributed by atoms with Gasteiger partial charge in [-0.2, -0.15) is 31.6 Å². The van der Waals surface area contributed by atoms with Crippen molar-refractivity contribution >= 4 is 0 Å². The van der Waals surface area contributed by atoms with Crippen molar-refractivity contribution < 1.29 is 26.3 Å². The van der Waals surface area contributed by atoms with Gasteiger partial charge in [0.15, 0.2) is 0 Å². The molecular formula is C10H5F6N. The molecule has 1 aromatic carbocycles. The average molecular weight is 253 g/mol. The van der Waals surface area contributed by atoms with E-state index in [-0.39, 0.29) is 0 Å². The molecule has 0 atom stereocenters. The fraction of sp³-hybridized carbons (Fsp3) is 0.300. The van der Waals surface area contributed by atoms with Crippen LogP contribution in [-0.2, 0) is 12.4 Å². The van der Waals surface area contributed by atoms with E-state index in [1.165, 1.54) is 6.07 Å². The van der Waals surface area contributed by atoms with Crippen LogP contribution in [0.3, 0.4) is 0 Å². The fourth-order valence-electron chi connectivity index (χ4n) is 1.37. The Morgan fingerprint density at radius 1 is 0.941 bits per heavy atom. The van der Waals surface area contributed by atoms with Crippen molar-refractivity contribution in [3.8, 4) is 6.07 Å². The largest absolute Gasteiger partial charge is 0.416 e. The molecule has 0 unspecified atom stereocenters. The number of rotatable bonds is 0. The molecule has 1 nitrogen and oxygen atoms in total. The molecule has 0 radical (unpaired) electrons. The highest BCUT2D eigenvalue weighted by Crippen LogP contribution is 2.39. The molecule has 0 aliphatic rings. The Morgan fingerprint density at radius 2 is 1.29 bits per heavy atom. The Kier molecular flexibility index (Phi) is 3.10. The Balaban J connectivity index is 3.61. The van der Waals surface area contributed by atoms with E-state index >= 15 is 0 Å². The van der Waals surface area contributed by atoms with E-state index in [0.29, 0.717) is 12.1 Å². The minimum Gasteiger partial charge on any atom is -0.192 e. The van der Waals surface area contributed by atoms with Crippen molar-refractivity contribution in [3.63, 3.8) is 0 Å². The van der Waals surface area contributed by atoms with Crippen LogP contribution in [0.25, 0.3) is 0 Å². The summed E-state index contributed by atoms with van der Waals surface area (Å²) in [6.45, 7) is 0.729. The maximum Gasteiger partial charge on any atom is 0.416 e. The van der Waals surface area contributed by atoms with Crippen LogP contribution in [0.15, 0.2) is 12.1 Å². The summed E-state index contributed by atoms with van der Waals surface area (Å²) in [5.41, 5.74) is -4.48. The predicted molar refractivity (Wildman–Crippen MR) is 45.9 cm³/mol. The van der Waals surface area contributed by atoms with Crippen LogP contribution in [0.5, 0.6) is 0 Å². The van der Waals surface area contributed by atoms with E-state index in [2.05, 4.69) is 0 Å². The van der Waals surface area contributed by atoms with Gasteiger partial charge in [-0.25, -0.2) is 0 Å². The molecule has 0 saturated heterocycles. The van der Waals surface area contributed by atoms with Gasteiger partial charge in [-0.05, 0) is 24.6 Å². The molecule has 1 aromatic rings. The molecule has 0 spiro atoms. The minimum absolute atomic E-state index is 0.407. The lowest BCUT2D eigenvalue weighted by Gasteiger charge is -2.16. The lowest BCUT2D eigenvalue weighted by atomic mass is 9.98. The molecule has 0 saturated carbocycles. The number of alkyl halides is 6. The summed E-state index contributed by atoms with van der Waals surface area (Å²) < 4.78 is 74.7. The summed E-state index contributed by atoms with van der Waals surface area (Å²) in [6, 6.07) is 2.09. The first-order valence-electron chi connectivity index (χ1n) is 4.26. The van der Waals surface area contributed by atoms with E-state index < -0.39 is 34.6 Å². The van der Waals surface area contributed by atoms with Crippen molar-refractivity contribution in [2.45, 2.75) is 19.3 Å². The van der Waals surface area contributed by atoms with Crippen molar-refractivity contribution in [1.82, 2.24) is 0 Å². The molecule has 7 heteroatoms. The van der Waals surface area contributed by atoms with E-state index in [1.54, 1.807) is 0 Å². The molecule has 17 heavy (non-hydrogen) atoms. The average Bonchev–Trinajstić information content (AvgIpc) is 2.14. The molecule has 0 heterocycles. The number of benzene rings is 1. The van der Waals surface area contributed by atoms with Gasteiger partial charge in [0.1, 0.15) is 0 Å². The first-order chi connectivity index (χ1) is 7.57. The highest BCUT2D eigenvalue weighted by Gasteiger charge is 2.39. The standard InChI is InChI=1S/C10H5F6N/c1-5-7(9(11,12)13)2-6(4-17)3-8(5)10(14,15)16/h2-3H,1H3. The highest BCUT2D eigenvalue weighted by molar-refractivity contribution is 5.45. The first kappa shape index (κ1) is 13.4. The van der Waals surface area contributed by atoms with Crippen LogP contribution in [0.1, 0.15) is 22.3 Å². The molecule has 0 aliphatic heterocycles. The number of nitriles is 1. The molecule has 0 fully saturated rings. The predicted octanol–water partition coefficient (Wildman–Crippen LogP) is 3.90. The molecule has 0 N–H and O–H groups in total. The lowest BCUT2D eigenvalue weighted by molar-refractivity contribution is -0.143. The third-order valence-electron chi connectivity index (χ3n) is 2.15. The van der Waals surface area contributed by atoms with Crippen LogP contribution in [-0.4, -0.2) is 0 Å². The summed E-state index contributed by atoms with van der Waals surface area (Å²) in [4.78, 5) is 0.